The van der Waals surface area contributed by atoms with Gasteiger partial charge in [0.05, 0.1) is 0 Å². The molecule has 0 atom stereocenters. The van der Waals surface area contributed by atoms with E-state index in [0.29, 0.717) is 24.3 Å². The summed E-state index contributed by atoms with van der Waals surface area (Å²) in [5.41, 5.74) is 1.84. The lowest BCUT2D eigenvalue weighted by Gasteiger charge is -2.32. The summed E-state index contributed by atoms with van der Waals surface area (Å²) in [5, 5.41) is 3.38. The van der Waals surface area contributed by atoms with Gasteiger partial charge in [-0.1, -0.05) is 36.8 Å². The second-order valence-electron chi connectivity index (χ2n) is 6.42. The number of benzene rings is 1. The number of rotatable bonds is 7. The fourth-order valence-electron chi connectivity index (χ4n) is 3.00. The second-order valence-corrected chi connectivity index (χ2v) is 6.42. The number of aryl methyl sites for hydroxylation is 1. The molecule has 2 rings (SSSR count). The Balaban J connectivity index is 0.00000288. The number of hydrogen-bond acceptors (Lipinski definition) is 3. The van der Waals surface area contributed by atoms with Gasteiger partial charge in [0.15, 0.2) is 5.78 Å². The zero-order chi connectivity index (χ0) is 16.7. The number of amides is 1. The van der Waals surface area contributed by atoms with Crippen molar-refractivity contribution in [3.63, 3.8) is 0 Å². The maximum absolute atomic E-state index is 12.3. The van der Waals surface area contributed by atoms with Gasteiger partial charge in [-0.15, -0.1) is 12.4 Å². The molecule has 0 spiro atoms. The molecule has 1 amide bonds. The number of likely N-dealkylation sites (tertiary alicyclic amines) is 1. The van der Waals surface area contributed by atoms with E-state index in [1.165, 1.54) is 0 Å². The van der Waals surface area contributed by atoms with Crippen molar-refractivity contribution in [2.24, 2.45) is 5.92 Å². The van der Waals surface area contributed by atoms with Crippen molar-refractivity contribution >= 4 is 24.1 Å². The smallest absolute Gasteiger partial charge is 0.223 e. The molecule has 1 saturated heterocycles. The predicted molar refractivity (Wildman–Crippen MR) is 99.8 cm³/mol. The highest BCUT2D eigenvalue weighted by Crippen LogP contribution is 2.18. The highest BCUT2D eigenvalue weighted by molar-refractivity contribution is 5.97. The Morgan fingerprint density at radius 1 is 1.12 bits per heavy atom. The van der Waals surface area contributed by atoms with Crippen LogP contribution in [0, 0.1) is 12.8 Å². The molecule has 0 aromatic heterocycles. The third-order valence-electron chi connectivity index (χ3n) is 4.59. The molecule has 0 unspecified atom stereocenters. The van der Waals surface area contributed by atoms with Crippen molar-refractivity contribution in [1.82, 2.24) is 10.2 Å². The number of nitrogens with zero attached hydrogens (tertiary/aromatic N) is 1. The van der Waals surface area contributed by atoms with E-state index in [4.69, 9.17) is 0 Å². The quantitative estimate of drug-likeness (QED) is 0.766. The Hall–Kier alpha value is -1.39. The summed E-state index contributed by atoms with van der Waals surface area (Å²) in [4.78, 5) is 26.3. The molecule has 0 radical (unpaired) electrons. The van der Waals surface area contributed by atoms with E-state index < -0.39 is 0 Å². The Morgan fingerprint density at radius 2 is 1.75 bits per heavy atom. The van der Waals surface area contributed by atoms with Gasteiger partial charge in [-0.2, -0.15) is 0 Å². The molecule has 134 valence electrons. The third-order valence-corrected chi connectivity index (χ3v) is 4.59. The average molecular weight is 353 g/mol. The Morgan fingerprint density at radius 3 is 2.33 bits per heavy atom. The van der Waals surface area contributed by atoms with Crippen LogP contribution in [0.1, 0.15) is 48.5 Å². The first-order valence-corrected chi connectivity index (χ1v) is 8.68. The van der Waals surface area contributed by atoms with E-state index in [-0.39, 0.29) is 24.1 Å². The molecule has 1 aliphatic rings. The van der Waals surface area contributed by atoms with E-state index in [1.807, 2.05) is 36.1 Å². The molecule has 1 N–H and O–H groups in total. The topological polar surface area (TPSA) is 49.4 Å². The van der Waals surface area contributed by atoms with Crippen LogP contribution in [0.25, 0.3) is 0 Å². The largest absolute Gasteiger partial charge is 0.343 e. The normalized spacial score (nSPS) is 15.0. The maximum atomic E-state index is 12.3. The van der Waals surface area contributed by atoms with Gasteiger partial charge in [-0.25, -0.2) is 0 Å². The standard InChI is InChI=1S/C19H28N2O2.ClH/c1-3-20-14-16-10-12-21(13-11-16)19(23)9-8-18(22)17-6-4-15(2)5-7-17;/h4-7,16,20H,3,8-14H2,1-2H3;1H. The number of hydrogen-bond donors (Lipinski definition) is 1. The van der Waals surface area contributed by atoms with Gasteiger partial charge >= 0.3 is 0 Å². The van der Waals surface area contributed by atoms with E-state index in [2.05, 4.69) is 12.2 Å². The summed E-state index contributed by atoms with van der Waals surface area (Å²) in [7, 11) is 0. The zero-order valence-corrected chi connectivity index (χ0v) is 15.5. The minimum Gasteiger partial charge on any atom is -0.343 e. The van der Waals surface area contributed by atoms with Crippen LogP contribution in [-0.2, 0) is 4.79 Å². The lowest BCUT2D eigenvalue weighted by atomic mass is 9.96. The minimum atomic E-state index is 0. The van der Waals surface area contributed by atoms with E-state index >= 15 is 0 Å². The highest BCUT2D eigenvalue weighted by Gasteiger charge is 2.22. The minimum absolute atomic E-state index is 0. The number of carbonyl (C=O) groups excluding carboxylic acids is 2. The van der Waals surface area contributed by atoms with Crippen LogP contribution >= 0.6 is 12.4 Å². The van der Waals surface area contributed by atoms with Crippen molar-refractivity contribution in [3.8, 4) is 0 Å². The Kier molecular flexibility index (Phi) is 9.01. The average Bonchev–Trinajstić information content (AvgIpc) is 2.58. The highest BCUT2D eigenvalue weighted by atomic mass is 35.5. The molecule has 0 aliphatic carbocycles. The van der Waals surface area contributed by atoms with Gasteiger partial charge in [0.2, 0.25) is 5.91 Å². The van der Waals surface area contributed by atoms with Gasteiger partial charge < -0.3 is 10.2 Å². The number of Topliss-reactive ketones (excluding diaryl/α,β-unsaturated/α-hetero) is 1. The fraction of sp³-hybridized carbons (Fsp3) is 0.579. The number of piperidine rings is 1. The number of carbonyl (C=O) groups is 2. The van der Waals surface area contributed by atoms with Crippen molar-refractivity contribution < 1.29 is 9.59 Å². The Bertz CT molecular complexity index is 523. The number of nitrogens with one attached hydrogen (secondary N) is 1. The van der Waals surface area contributed by atoms with Crippen LogP contribution < -0.4 is 5.32 Å². The summed E-state index contributed by atoms with van der Waals surface area (Å²) in [6.07, 6.45) is 2.75. The number of ketones is 1. The molecule has 5 heteroatoms. The SMILES string of the molecule is CCNCC1CCN(C(=O)CCC(=O)c2ccc(C)cc2)CC1.Cl. The molecule has 1 fully saturated rings. The Labute approximate surface area is 151 Å². The van der Waals surface area contributed by atoms with Crippen molar-refractivity contribution in [2.75, 3.05) is 26.2 Å². The van der Waals surface area contributed by atoms with Crippen LogP contribution in [0.3, 0.4) is 0 Å². The molecule has 0 saturated carbocycles. The van der Waals surface area contributed by atoms with Crippen LogP contribution in [0.2, 0.25) is 0 Å². The molecule has 1 aliphatic heterocycles. The molecule has 0 bridgehead atoms. The second kappa shape index (κ2) is 10.5. The van der Waals surface area contributed by atoms with Gasteiger partial charge in [0.25, 0.3) is 0 Å². The lowest BCUT2D eigenvalue weighted by molar-refractivity contribution is -0.132. The van der Waals surface area contributed by atoms with E-state index in [9.17, 15) is 9.59 Å². The summed E-state index contributed by atoms with van der Waals surface area (Å²) in [5.74, 6) is 0.848. The summed E-state index contributed by atoms with van der Waals surface area (Å²) >= 11 is 0. The monoisotopic (exact) mass is 352 g/mol. The fourth-order valence-corrected chi connectivity index (χ4v) is 3.00. The first-order valence-electron chi connectivity index (χ1n) is 8.68. The van der Waals surface area contributed by atoms with Crippen molar-refractivity contribution in [1.29, 1.82) is 0 Å². The summed E-state index contributed by atoms with van der Waals surface area (Å²) in [6.45, 7) is 7.81. The molecular weight excluding hydrogens is 324 g/mol. The molecular formula is C19H29ClN2O2. The van der Waals surface area contributed by atoms with Crippen LogP contribution in [-0.4, -0.2) is 42.8 Å². The van der Waals surface area contributed by atoms with Gasteiger partial charge in [-0.05, 0) is 38.8 Å². The first kappa shape index (κ1) is 20.7. The van der Waals surface area contributed by atoms with Crippen molar-refractivity contribution in [2.45, 2.75) is 39.5 Å². The van der Waals surface area contributed by atoms with Crippen molar-refractivity contribution in [3.05, 3.63) is 35.4 Å². The van der Waals surface area contributed by atoms with Crippen LogP contribution in [0.4, 0.5) is 0 Å². The number of halogens is 1. The summed E-state index contributed by atoms with van der Waals surface area (Å²) in [6, 6.07) is 7.55. The predicted octanol–water partition coefficient (Wildman–Crippen LogP) is 3.23. The van der Waals surface area contributed by atoms with Crippen LogP contribution in [0.5, 0.6) is 0 Å². The van der Waals surface area contributed by atoms with Gasteiger partial charge in [-0.3, -0.25) is 9.59 Å². The maximum Gasteiger partial charge on any atom is 0.223 e. The molecule has 24 heavy (non-hydrogen) atoms. The first-order chi connectivity index (χ1) is 11.1. The van der Waals surface area contributed by atoms with Gasteiger partial charge in [0, 0.05) is 31.5 Å². The molecule has 1 aromatic carbocycles. The lowest BCUT2D eigenvalue weighted by Crippen LogP contribution is -2.40. The molecule has 4 nitrogen and oxygen atoms in total. The van der Waals surface area contributed by atoms with Gasteiger partial charge in [0.1, 0.15) is 0 Å². The molecule has 1 aromatic rings. The van der Waals surface area contributed by atoms with E-state index in [1.54, 1.807) is 0 Å². The molecule has 1 heterocycles. The zero-order valence-electron chi connectivity index (χ0n) is 14.7. The van der Waals surface area contributed by atoms with Crippen LogP contribution in [0.15, 0.2) is 24.3 Å². The summed E-state index contributed by atoms with van der Waals surface area (Å²) < 4.78 is 0. The third kappa shape index (κ3) is 6.25. The van der Waals surface area contributed by atoms with E-state index in [0.717, 1.165) is 44.6 Å².